The minimum Gasteiger partial charge on any atom is -0.358 e. The highest BCUT2D eigenvalue weighted by atomic mass is 16.2. The number of nitrogens with zero attached hydrogens (tertiary/aromatic N) is 2. The molecule has 1 aromatic carbocycles. The van der Waals surface area contributed by atoms with Gasteiger partial charge in [-0.05, 0) is 117 Å². The number of aromatic nitrogens is 2. The Balaban J connectivity index is 1.10. The Hall–Kier alpha value is -3.15. The third kappa shape index (κ3) is 4.53. The molecule has 6 aliphatic rings. The van der Waals surface area contributed by atoms with Crippen LogP contribution in [0.2, 0.25) is 0 Å². The SMILES string of the molecule is Cc1[nH]c2ccccc2c1[C@@H]1[C@@H](CC(=O)N(Cc2cccnc2)C2(C(=O)NC34CC5CC(CC(C5)C3)C4)CCCC2)C1(C)C. The molecule has 6 nitrogen and oxygen atoms in total. The first kappa shape index (κ1) is 28.3. The van der Waals surface area contributed by atoms with Gasteiger partial charge < -0.3 is 15.2 Å². The summed E-state index contributed by atoms with van der Waals surface area (Å²) in [4.78, 5) is 39.4. The van der Waals surface area contributed by atoms with Crippen molar-refractivity contribution in [2.75, 3.05) is 0 Å². The van der Waals surface area contributed by atoms with E-state index in [9.17, 15) is 9.59 Å². The van der Waals surface area contributed by atoms with E-state index in [1.165, 1.54) is 35.9 Å². The van der Waals surface area contributed by atoms with Crippen LogP contribution in [0.4, 0.5) is 0 Å². The lowest BCUT2D eigenvalue weighted by molar-refractivity contribution is -0.152. The number of amides is 2. The van der Waals surface area contributed by atoms with Crippen molar-refractivity contribution in [2.45, 2.75) is 115 Å². The van der Waals surface area contributed by atoms with Crippen molar-refractivity contribution < 1.29 is 9.59 Å². The van der Waals surface area contributed by atoms with Gasteiger partial charge in [-0.2, -0.15) is 0 Å². The fourth-order valence-corrected chi connectivity index (χ4v) is 11.0. The fraction of sp³-hybridized carbons (Fsp3) is 0.605. The van der Waals surface area contributed by atoms with Gasteiger partial charge in [0, 0.05) is 47.5 Å². The molecule has 6 fully saturated rings. The van der Waals surface area contributed by atoms with E-state index in [-0.39, 0.29) is 28.7 Å². The number of rotatable bonds is 8. The van der Waals surface area contributed by atoms with Crippen molar-refractivity contribution in [2.24, 2.45) is 29.1 Å². The molecule has 44 heavy (non-hydrogen) atoms. The van der Waals surface area contributed by atoms with Crippen LogP contribution in [0.15, 0.2) is 48.8 Å². The monoisotopic (exact) mass is 592 g/mol. The lowest BCUT2D eigenvalue weighted by Crippen LogP contribution is -2.66. The van der Waals surface area contributed by atoms with Crippen LogP contribution < -0.4 is 5.32 Å². The Morgan fingerprint density at radius 3 is 2.32 bits per heavy atom. The molecule has 6 saturated carbocycles. The molecule has 2 amide bonds. The molecule has 6 heteroatoms. The smallest absolute Gasteiger partial charge is 0.246 e. The van der Waals surface area contributed by atoms with Crippen LogP contribution in [0.1, 0.15) is 107 Å². The number of aryl methyl sites for hydroxylation is 1. The van der Waals surface area contributed by atoms with Crippen LogP contribution in [-0.2, 0) is 16.1 Å². The number of pyridine rings is 1. The van der Waals surface area contributed by atoms with Crippen LogP contribution in [0, 0.1) is 36.0 Å². The summed E-state index contributed by atoms with van der Waals surface area (Å²) in [5.74, 6) is 3.06. The second-order valence-corrected chi connectivity index (χ2v) is 16.1. The molecule has 2 N–H and O–H groups in total. The van der Waals surface area contributed by atoms with Gasteiger partial charge in [-0.1, -0.05) is 51.0 Å². The molecule has 6 aliphatic carbocycles. The number of hydrogen-bond donors (Lipinski definition) is 2. The third-order valence-electron chi connectivity index (χ3n) is 12.9. The molecule has 0 radical (unpaired) electrons. The van der Waals surface area contributed by atoms with E-state index in [1.807, 2.05) is 23.2 Å². The van der Waals surface area contributed by atoms with Crippen LogP contribution >= 0.6 is 0 Å². The third-order valence-corrected chi connectivity index (χ3v) is 12.9. The minimum absolute atomic E-state index is 0.00958. The number of H-pyrrole nitrogens is 1. The second kappa shape index (κ2) is 10.2. The van der Waals surface area contributed by atoms with Crippen molar-refractivity contribution >= 4 is 22.7 Å². The molecule has 4 bridgehead atoms. The standard InChI is InChI=1S/C38H48N4O2/c1-24-33(29-10-4-5-11-31(29)40-24)34-30(36(34,2)3)18-32(43)42(23-25-9-8-14-39-22-25)38(12-6-7-13-38)35(44)41-37-19-26-15-27(20-37)17-28(16-26)21-37/h4-5,8-11,14,22,26-28,30,34,40H,6-7,12-13,15-21,23H2,1-3H3,(H,41,44)/t26?,27?,28?,30-,34+,37?/m1/s1. The van der Waals surface area contributed by atoms with E-state index in [1.54, 1.807) is 6.20 Å². The molecule has 0 spiro atoms. The lowest BCUT2D eigenvalue weighted by Gasteiger charge is -2.57. The van der Waals surface area contributed by atoms with Gasteiger partial charge in [-0.25, -0.2) is 0 Å². The Kier molecular flexibility index (Phi) is 6.56. The minimum atomic E-state index is -0.790. The highest BCUT2D eigenvalue weighted by molar-refractivity contribution is 5.93. The normalized spacial score (nSPS) is 32.6. The van der Waals surface area contributed by atoms with Crippen LogP contribution in [0.25, 0.3) is 10.9 Å². The van der Waals surface area contributed by atoms with Gasteiger partial charge in [0.25, 0.3) is 0 Å². The summed E-state index contributed by atoms with van der Waals surface area (Å²) in [5, 5.41) is 4.99. The van der Waals surface area contributed by atoms with Gasteiger partial charge in [0.1, 0.15) is 5.54 Å². The van der Waals surface area contributed by atoms with E-state index >= 15 is 0 Å². The van der Waals surface area contributed by atoms with E-state index in [2.05, 4.69) is 60.3 Å². The number of carbonyl (C=O) groups is 2. The van der Waals surface area contributed by atoms with E-state index in [0.717, 1.165) is 73.8 Å². The van der Waals surface area contributed by atoms with Crippen molar-refractivity contribution in [3.63, 3.8) is 0 Å². The molecule has 2 aromatic heterocycles. The number of para-hydroxylation sites is 1. The zero-order valence-corrected chi connectivity index (χ0v) is 26.7. The summed E-state index contributed by atoms with van der Waals surface area (Å²) in [6, 6.07) is 12.5. The van der Waals surface area contributed by atoms with Gasteiger partial charge >= 0.3 is 0 Å². The maximum atomic E-state index is 14.7. The maximum absolute atomic E-state index is 14.7. The van der Waals surface area contributed by atoms with E-state index in [0.29, 0.717) is 18.9 Å². The van der Waals surface area contributed by atoms with E-state index < -0.39 is 5.54 Å². The first-order valence-electron chi connectivity index (χ1n) is 17.3. The highest BCUT2D eigenvalue weighted by Gasteiger charge is 2.61. The van der Waals surface area contributed by atoms with Gasteiger partial charge in [-0.3, -0.25) is 14.6 Å². The maximum Gasteiger partial charge on any atom is 0.246 e. The Morgan fingerprint density at radius 2 is 1.66 bits per heavy atom. The van der Waals surface area contributed by atoms with Crippen LogP contribution in [0.5, 0.6) is 0 Å². The number of carbonyl (C=O) groups excluding carboxylic acids is 2. The van der Waals surface area contributed by atoms with Crippen molar-refractivity contribution in [3.05, 3.63) is 65.6 Å². The summed E-state index contributed by atoms with van der Waals surface area (Å²) >= 11 is 0. The molecule has 3 aromatic rings. The van der Waals surface area contributed by atoms with Crippen molar-refractivity contribution in [1.29, 1.82) is 0 Å². The van der Waals surface area contributed by atoms with Gasteiger partial charge in [0.15, 0.2) is 0 Å². The molecule has 9 rings (SSSR count). The molecule has 2 atom stereocenters. The fourth-order valence-electron chi connectivity index (χ4n) is 11.0. The van der Waals surface area contributed by atoms with Gasteiger partial charge in [0.05, 0.1) is 0 Å². The average Bonchev–Trinajstić information content (AvgIpc) is 3.33. The number of aromatic amines is 1. The molecule has 0 saturated heterocycles. The van der Waals surface area contributed by atoms with Gasteiger partial charge in [0.2, 0.25) is 11.8 Å². The van der Waals surface area contributed by atoms with Crippen LogP contribution in [-0.4, -0.2) is 37.8 Å². The molecule has 0 unspecified atom stereocenters. The number of benzene rings is 1. The van der Waals surface area contributed by atoms with Gasteiger partial charge in [-0.15, -0.1) is 0 Å². The Labute approximate surface area is 261 Å². The highest BCUT2D eigenvalue weighted by Crippen LogP contribution is 2.67. The van der Waals surface area contributed by atoms with E-state index in [4.69, 9.17) is 0 Å². The second-order valence-electron chi connectivity index (χ2n) is 16.1. The topological polar surface area (TPSA) is 78.1 Å². The quantitative estimate of drug-likeness (QED) is 0.286. The number of fused-ring (bicyclic) bond motifs is 1. The van der Waals surface area contributed by atoms with Crippen molar-refractivity contribution in [1.82, 2.24) is 20.2 Å². The lowest BCUT2D eigenvalue weighted by atomic mass is 9.53. The summed E-state index contributed by atoms with van der Waals surface area (Å²) in [7, 11) is 0. The first-order chi connectivity index (χ1) is 21.2. The average molecular weight is 593 g/mol. The summed E-state index contributed by atoms with van der Waals surface area (Å²) in [5.41, 5.74) is 3.87. The molecule has 232 valence electrons. The molecular formula is C38H48N4O2. The molecule has 0 aliphatic heterocycles. The summed E-state index contributed by atoms with van der Waals surface area (Å²) < 4.78 is 0. The Morgan fingerprint density at radius 1 is 0.977 bits per heavy atom. The predicted molar refractivity (Wildman–Crippen MR) is 173 cm³/mol. The summed E-state index contributed by atoms with van der Waals surface area (Å²) in [6.07, 6.45) is 15.0. The predicted octanol–water partition coefficient (Wildman–Crippen LogP) is 7.43. The largest absolute Gasteiger partial charge is 0.358 e. The number of nitrogens with one attached hydrogen (secondary N) is 2. The summed E-state index contributed by atoms with van der Waals surface area (Å²) in [6.45, 7) is 7.23. The first-order valence-corrected chi connectivity index (χ1v) is 17.3. The molecule has 2 heterocycles. The van der Waals surface area contributed by atoms with Crippen molar-refractivity contribution in [3.8, 4) is 0 Å². The Bertz CT molecular complexity index is 1550. The zero-order valence-electron chi connectivity index (χ0n) is 26.7. The zero-order chi connectivity index (χ0) is 30.3. The van der Waals surface area contributed by atoms with Crippen LogP contribution in [0.3, 0.4) is 0 Å². The molecular weight excluding hydrogens is 544 g/mol. The number of hydrogen-bond acceptors (Lipinski definition) is 3.